The van der Waals surface area contributed by atoms with Crippen molar-refractivity contribution >= 4 is 23.5 Å². The van der Waals surface area contributed by atoms with Crippen molar-refractivity contribution in [3.05, 3.63) is 41.2 Å². The molecular formula is C16H17ClN2O4. The van der Waals surface area contributed by atoms with Gasteiger partial charge in [0.15, 0.2) is 0 Å². The lowest BCUT2D eigenvalue weighted by molar-refractivity contribution is -0.138. The monoisotopic (exact) mass is 336 g/mol. The van der Waals surface area contributed by atoms with Gasteiger partial charge in [0, 0.05) is 30.6 Å². The predicted molar refractivity (Wildman–Crippen MR) is 85.2 cm³/mol. The topological polar surface area (TPSA) is 83.6 Å². The van der Waals surface area contributed by atoms with Gasteiger partial charge < -0.3 is 14.4 Å². The second-order valence-electron chi connectivity index (χ2n) is 5.14. The number of aliphatic carboxylic acids is 1. The molecule has 1 aromatic heterocycles. The maximum absolute atomic E-state index is 12.1. The third-order valence-electron chi connectivity index (χ3n) is 3.29. The van der Waals surface area contributed by atoms with Crippen molar-refractivity contribution in [1.29, 1.82) is 0 Å². The van der Waals surface area contributed by atoms with Gasteiger partial charge in [-0.25, -0.2) is 4.98 Å². The van der Waals surface area contributed by atoms with Crippen molar-refractivity contribution in [2.75, 3.05) is 13.6 Å². The van der Waals surface area contributed by atoms with E-state index in [1.807, 2.05) is 0 Å². The van der Waals surface area contributed by atoms with Gasteiger partial charge in [0.05, 0.1) is 12.1 Å². The number of likely N-dealkylation sites (N-methyl/N-ethyl adjacent to an activating group) is 1. The zero-order valence-corrected chi connectivity index (χ0v) is 13.4. The molecule has 0 aliphatic carbocycles. The number of hydrogen-bond acceptors (Lipinski definition) is 4. The summed E-state index contributed by atoms with van der Waals surface area (Å²) in [5.41, 5.74) is 1.31. The van der Waals surface area contributed by atoms with Gasteiger partial charge in [-0.05, 0) is 30.7 Å². The van der Waals surface area contributed by atoms with E-state index in [0.29, 0.717) is 29.6 Å². The lowest BCUT2D eigenvalue weighted by Gasteiger charge is -2.15. The van der Waals surface area contributed by atoms with E-state index in [0.717, 1.165) is 5.56 Å². The third kappa shape index (κ3) is 5.10. The Hall–Kier alpha value is -2.34. The molecule has 1 aromatic carbocycles. The summed E-state index contributed by atoms with van der Waals surface area (Å²) in [6, 6.07) is 7.06. The fourth-order valence-electron chi connectivity index (χ4n) is 2.00. The fraction of sp³-hybridized carbons (Fsp3) is 0.312. The summed E-state index contributed by atoms with van der Waals surface area (Å²) in [5.74, 6) is -0.570. The minimum atomic E-state index is -0.866. The number of carboxylic acids is 1. The summed E-state index contributed by atoms with van der Waals surface area (Å²) < 4.78 is 5.38. The number of rotatable bonds is 7. The highest BCUT2D eigenvalue weighted by atomic mass is 35.5. The van der Waals surface area contributed by atoms with Gasteiger partial charge in [-0.1, -0.05) is 11.6 Å². The maximum Gasteiger partial charge on any atom is 0.303 e. The van der Waals surface area contributed by atoms with E-state index in [2.05, 4.69) is 4.98 Å². The maximum atomic E-state index is 12.1. The Morgan fingerprint density at radius 2 is 2.00 bits per heavy atom. The van der Waals surface area contributed by atoms with Crippen LogP contribution in [0.2, 0.25) is 5.02 Å². The van der Waals surface area contributed by atoms with Gasteiger partial charge in [-0.2, -0.15) is 0 Å². The lowest BCUT2D eigenvalue weighted by Crippen LogP contribution is -2.29. The van der Waals surface area contributed by atoms with E-state index >= 15 is 0 Å². The smallest absolute Gasteiger partial charge is 0.303 e. The Bertz CT molecular complexity index is 682. The standard InChI is InChI=1S/C16H17ClN2O4/c1-19(8-2-3-15(21)22)14(20)9-13-10-23-16(18-13)11-4-6-12(17)7-5-11/h4-7,10H,2-3,8-9H2,1H3,(H,21,22). The number of aromatic nitrogens is 1. The summed E-state index contributed by atoms with van der Waals surface area (Å²) >= 11 is 5.83. The molecular weight excluding hydrogens is 320 g/mol. The first-order valence-electron chi connectivity index (χ1n) is 7.12. The molecule has 0 atom stereocenters. The van der Waals surface area contributed by atoms with Crippen LogP contribution in [-0.2, 0) is 16.0 Å². The number of halogens is 1. The van der Waals surface area contributed by atoms with Crippen molar-refractivity contribution < 1.29 is 19.1 Å². The van der Waals surface area contributed by atoms with Crippen molar-refractivity contribution in [2.45, 2.75) is 19.3 Å². The fourth-order valence-corrected chi connectivity index (χ4v) is 2.12. The minimum absolute atomic E-state index is 0.0439. The van der Waals surface area contributed by atoms with Crippen LogP contribution in [-0.4, -0.2) is 40.5 Å². The number of nitrogens with zero attached hydrogens (tertiary/aromatic N) is 2. The van der Waals surface area contributed by atoms with Crippen LogP contribution < -0.4 is 0 Å². The van der Waals surface area contributed by atoms with E-state index in [-0.39, 0.29) is 18.7 Å². The molecule has 0 fully saturated rings. The number of carboxylic acid groups (broad SMARTS) is 1. The molecule has 1 N–H and O–H groups in total. The van der Waals surface area contributed by atoms with E-state index in [1.165, 1.54) is 11.2 Å². The molecule has 0 saturated heterocycles. The van der Waals surface area contributed by atoms with Gasteiger partial charge in [-0.15, -0.1) is 0 Å². The van der Waals surface area contributed by atoms with Crippen LogP contribution in [0.3, 0.4) is 0 Å². The van der Waals surface area contributed by atoms with Crippen LogP contribution in [0.15, 0.2) is 34.9 Å². The summed E-state index contributed by atoms with van der Waals surface area (Å²) in [6.07, 6.45) is 2.03. The molecule has 0 bridgehead atoms. The van der Waals surface area contributed by atoms with Crippen LogP contribution in [0.25, 0.3) is 11.5 Å². The number of hydrogen-bond donors (Lipinski definition) is 1. The Morgan fingerprint density at radius 3 is 2.65 bits per heavy atom. The number of oxazole rings is 1. The molecule has 0 spiro atoms. The molecule has 0 radical (unpaired) electrons. The number of carbonyl (C=O) groups excluding carboxylic acids is 1. The highest BCUT2D eigenvalue weighted by molar-refractivity contribution is 6.30. The molecule has 7 heteroatoms. The molecule has 1 amide bonds. The molecule has 122 valence electrons. The summed E-state index contributed by atoms with van der Waals surface area (Å²) in [5, 5.41) is 9.22. The molecule has 2 rings (SSSR count). The first-order valence-corrected chi connectivity index (χ1v) is 7.49. The van der Waals surface area contributed by atoms with Crippen molar-refractivity contribution in [2.24, 2.45) is 0 Å². The molecule has 1 heterocycles. The van der Waals surface area contributed by atoms with Gasteiger partial charge >= 0.3 is 5.97 Å². The average molecular weight is 337 g/mol. The largest absolute Gasteiger partial charge is 0.481 e. The van der Waals surface area contributed by atoms with E-state index in [9.17, 15) is 9.59 Å². The highest BCUT2D eigenvalue weighted by Crippen LogP contribution is 2.21. The Kier molecular flexibility index (Phi) is 5.76. The van der Waals surface area contributed by atoms with Gasteiger partial charge in [0.2, 0.25) is 11.8 Å². The zero-order valence-electron chi connectivity index (χ0n) is 12.7. The van der Waals surface area contributed by atoms with Crippen molar-refractivity contribution in [3.63, 3.8) is 0 Å². The average Bonchev–Trinajstić information content (AvgIpc) is 2.96. The third-order valence-corrected chi connectivity index (χ3v) is 3.54. The van der Waals surface area contributed by atoms with E-state index < -0.39 is 5.97 Å². The van der Waals surface area contributed by atoms with Gasteiger partial charge in [0.1, 0.15) is 6.26 Å². The number of benzene rings is 1. The molecule has 0 aliphatic heterocycles. The van der Waals surface area contributed by atoms with Crippen LogP contribution in [0.5, 0.6) is 0 Å². The molecule has 0 saturated carbocycles. The normalized spacial score (nSPS) is 10.5. The van der Waals surface area contributed by atoms with Crippen molar-refractivity contribution in [3.8, 4) is 11.5 Å². The first kappa shape index (κ1) is 17.0. The number of carbonyl (C=O) groups is 2. The Labute approximate surface area is 138 Å². The number of amides is 1. The molecule has 0 unspecified atom stereocenters. The molecule has 2 aromatic rings. The molecule has 23 heavy (non-hydrogen) atoms. The SMILES string of the molecule is CN(CCCC(=O)O)C(=O)Cc1coc(-c2ccc(Cl)cc2)n1. The molecule has 0 aliphatic rings. The first-order chi connectivity index (χ1) is 11.0. The van der Waals surface area contributed by atoms with Gasteiger partial charge in [0.25, 0.3) is 0 Å². The summed E-state index contributed by atoms with van der Waals surface area (Å²) in [7, 11) is 1.64. The van der Waals surface area contributed by atoms with E-state index in [4.69, 9.17) is 21.1 Å². The van der Waals surface area contributed by atoms with E-state index in [1.54, 1.807) is 31.3 Å². The van der Waals surface area contributed by atoms with Crippen LogP contribution >= 0.6 is 11.6 Å². The zero-order chi connectivity index (χ0) is 16.8. The predicted octanol–water partition coefficient (Wildman–Crippen LogP) is 2.86. The lowest BCUT2D eigenvalue weighted by atomic mass is 10.2. The summed E-state index contributed by atoms with van der Waals surface area (Å²) in [6.45, 7) is 0.396. The minimum Gasteiger partial charge on any atom is -0.481 e. The van der Waals surface area contributed by atoms with Crippen molar-refractivity contribution in [1.82, 2.24) is 9.88 Å². The Morgan fingerprint density at radius 1 is 1.30 bits per heavy atom. The second kappa shape index (κ2) is 7.78. The second-order valence-corrected chi connectivity index (χ2v) is 5.58. The van der Waals surface area contributed by atoms with Crippen LogP contribution in [0.4, 0.5) is 0 Å². The quantitative estimate of drug-likeness (QED) is 0.840. The molecule has 6 nitrogen and oxygen atoms in total. The van der Waals surface area contributed by atoms with Crippen LogP contribution in [0.1, 0.15) is 18.5 Å². The Balaban J connectivity index is 1.92. The van der Waals surface area contributed by atoms with Gasteiger partial charge in [-0.3, -0.25) is 9.59 Å². The summed E-state index contributed by atoms with van der Waals surface area (Å²) in [4.78, 5) is 28.3. The van der Waals surface area contributed by atoms with Crippen LogP contribution in [0, 0.1) is 0 Å². The highest BCUT2D eigenvalue weighted by Gasteiger charge is 2.14.